The number of rotatable bonds is 8. The Kier molecular flexibility index (Phi) is 7.90. The quantitative estimate of drug-likeness (QED) is 0.335. The van der Waals surface area contributed by atoms with Crippen molar-refractivity contribution in [3.8, 4) is 11.4 Å². The van der Waals surface area contributed by atoms with Gasteiger partial charge in [-0.25, -0.2) is 9.97 Å². The lowest BCUT2D eigenvalue weighted by Crippen LogP contribution is -2.44. The van der Waals surface area contributed by atoms with E-state index in [0.29, 0.717) is 18.2 Å². The largest absolute Gasteiger partial charge is 0.369 e. The molecule has 10 heteroatoms. The highest BCUT2D eigenvalue weighted by atomic mass is 16.2. The number of nitrogens with zero attached hydrogens (tertiary/aromatic N) is 7. The number of likely N-dealkylation sites (N-methyl/N-ethyl adjacent to an activating group) is 2. The van der Waals surface area contributed by atoms with Crippen LogP contribution in [0, 0.1) is 0 Å². The normalized spacial score (nSPS) is 15.7. The molecular weight excluding hydrogens is 526 g/mol. The highest BCUT2D eigenvalue weighted by molar-refractivity contribution is 5.96. The van der Waals surface area contributed by atoms with Crippen LogP contribution in [0.25, 0.3) is 11.4 Å². The molecule has 3 heterocycles. The van der Waals surface area contributed by atoms with Gasteiger partial charge >= 0.3 is 0 Å². The molecule has 0 saturated carbocycles. The summed E-state index contributed by atoms with van der Waals surface area (Å²) in [4.78, 5) is 29.8. The Morgan fingerprint density at radius 3 is 2.43 bits per heavy atom. The summed E-state index contributed by atoms with van der Waals surface area (Å²) < 4.78 is 1.78. The molecule has 42 heavy (non-hydrogen) atoms. The van der Waals surface area contributed by atoms with Crippen LogP contribution < -0.4 is 15.5 Å². The molecule has 0 radical (unpaired) electrons. The number of piperazine rings is 1. The number of aryl methyl sites for hydroxylation is 2. The molecule has 1 amide bonds. The van der Waals surface area contributed by atoms with E-state index in [4.69, 9.17) is 4.98 Å². The third-order valence-corrected chi connectivity index (χ3v) is 8.35. The summed E-state index contributed by atoms with van der Waals surface area (Å²) in [5.74, 6) is 0.365. The average molecular weight is 566 g/mol. The number of hydrogen-bond acceptors (Lipinski definition) is 8. The molecule has 1 aliphatic heterocycles. The first-order valence-electron chi connectivity index (χ1n) is 14.6. The highest BCUT2D eigenvalue weighted by Crippen LogP contribution is 2.34. The van der Waals surface area contributed by atoms with Crippen molar-refractivity contribution in [2.45, 2.75) is 18.9 Å². The van der Waals surface area contributed by atoms with Gasteiger partial charge in [0.2, 0.25) is 5.95 Å². The number of carbonyl (C=O) groups excluding carboxylic acids is 1. The minimum Gasteiger partial charge on any atom is -0.369 e. The number of benzene rings is 2. The highest BCUT2D eigenvalue weighted by Gasteiger charge is 2.29. The summed E-state index contributed by atoms with van der Waals surface area (Å²) in [6.45, 7) is 4.71. The predicted molar refractivity (Wildman–Crippen MR) is 166 cm³/mol. The third-order valence-electron chi connectivity index (χ3n) is 8.35. The first-order valence-corrected chi connectivity index (χ1v) is 14.6. The number of aromatic nitrogens is 4. The number of hydrogen-bond donors (Lipinski definition) is 2. The van der Waals surface area contributed by atoms with Crippen LogP contribution in [0.5, 0.6) is 0 Å². The molecule has 1 unspecified atom stereocenters. The predicted octanol–water partition coefficient (Wildman–Crippen LogP) is 3.50. The minimum absolute atomic E-state index is 0.0624. The molecule has 1 atom stereocenters. The summed E-state index contributed by atoms with van der Waals surface area (Å²) in [6.07, 6.45) is 3.37. The van der Waals surface area contributed by atoms with E-state index >= 15 is 0 Å². The zero-order valence-electron chi connectivity index (χ0n) is 24.8. The van der Waals surface area contributed by atoms with Crippen LogP contribution in [-0.2, 0) is 19.9 Å². The average Bonchev–Trinajstić information content (AvgIpc) is 3.35. The smallest absolute Gasteiger partial charge is 0.272 e. The maximum absolute atomic E-state index is 13.4. The SMILES string of the molecule is CN1CCN(c2ccc(Nc3ncc4c(n3)-c3c(c(C(=O)NCC(c5ccccc5)N(C)C)nn3C)CC4)cc2)CC1. The fourth-order valence-corrected chi connectivity index (χ4v) is 5.89. The second kappa shape index (κ2) is 11.9. The molecule has 2 aromatic heterocycles. The molecule has 1 fully saturated rings. The first kappa shape index (κ1) is 27.9. The van der Waals surface area contributed by atoms with Crippen LogP contribution in [0.4, 0.5) is 17.3 Å². The molecule has 1 aliphatic carbocycles. The van der Waals surface area contributed by atoms with Crippen molar-refractivity contribution in [3.63, 3.8) is 0 Å². The molecule has 0 bridgehead atoms. The molecule has 4 aromatic rings. The van der Waals surface area contributed by atoms with Gasteiger partial charge in [0.05, 0.1) is 17.4 Å². The molecule has 218 valence electrons. The standard InChI is InChI=1S/C32H39N9O/c1-38(2)27(22-8-6-5-7-9-22)21-33-31(42)29-26-15-10-23-20-34-32(36-28(23)30(26)40(4)37-29)35-24-11-13-25(14-12-24)41-18-16-39(3)17-19-41/h5-9,11-14,20,27H,10,15-19,21H2,1-4H3,(H,33,42)(H,34,35,36). The maximum atomic E-state index is 13.4. The van der Waals surface area contributed by atoms with Gasteiger partial charge in [0, 0.05) is 62.9 Å². The lowest BCUT2D eigenvalue weighted by atomic mass is 9.93. The van der Waals surface area contributed by atoms with Crippen LogP contribution in [-0.4, -0.2) is 89.3 Å². The second-order valence-electron chi connectivity index (χ2n) is 11.4. The summed E-state index contributed by atoms with van der Waals surface area (Å²) in [5.41, 5.74) is 7.49. The van der Waals surface area contributed by atoms with E-state index in [1.165, 1.54) is 5.69 Å². The van der Waals surface area contributed by atoms with Gasteiger partial charge in [-0.1, -0.05) is 30.3 Å². The van der Waals surface area contributed by atoms with Gasteiger partial charge in [-0.2, -0.15) is 5.10 Å². The number of fused-ring (bicyclic) bond motifs is 3. The number of nitrogens with one attached hydrogen (secondary N) is 2. The third kappa shape index (κ3) is 5.73. The van der Waals surface area contributed by atoms with E-state index in [1.54, 1.807) is 4.68 Å². The van der Waals surface area contributed by atoms with Gasteiger partial charge in [0.25, 0.3) is 5.91 Å². The van der Waals surface area contributed by atoms with Crippen LogP contribution in [0.1, 0.15) is 33.2 Å². The van der Waals surface area contributed by atoms with Crippen molar-refractivity contribution in [1.82, 2.24) is 34.9 Å². The van der Waals surface area contributed by atoms with Gasteiger partial charge in [-0.3, -0.25) is 9.48 Å². The number of amides is 1. The van der Waals surface area contributed by atoms with Crippen LogP contribution in [0.3, 0.4) is 0 Å². The summed E-state index contributed by atoms with van der Waals surface area (Å²) >= 11 is 0. The fraction of sp³-hybridized carbons (Fsp3) is 0.375. The van der Waals surface area contributed by atoms with Crippen LogP contribution in [0.2, 0.25) is 0 Å². The van der Waals surface area contributed by atoms with E-state index in [1.807, 2.05) is 45.5 Å². The molecular formula is C32H39N9O. The molecule has 2 N–H and O–H groups in total. The Balaban J connectivity index is 1.18. The Morgan fingerprint density at radius 2 is 1.71 bits per heavy atom. The van der Waals surface area contributed by atoms with Gasteiger partial charge in [-0.05, 0) is 69.4 Å². The molecule has 6 rings (SSSR count). The molecule has 2 aliphatic rings. The maximum Gasteiger partial charge on any atom is 0.272 e. The van der Waals surface area contributed by atoms with E-state index in [2.05, 4.69) is 78.9 Å². The lowest BCUT2D eigenvalue weighted by molar-refractivity contribution is 0.0935. The Bertz CT molecular complexity index is 1540. The molecule has 10 nitrogen and oxygen atoms in total. The zero-order chi connectivity index (χ0) is 29.2. The summed E-state index contributed by atoms with van der Waals surface area (Å²) in [6, 6.07) is 18.7. The topological polar surface area (TPSA) is 94.4 Å². The summed E-state index contributed by atoms with van der Waals surface area (Å²) in [5, 5.41) is 11.2. The number of carbonyl (C=O) groups is 1. The van der Waals surface area contributed by atoms with Crippen LogP contribution in [0.15, 0.2) is 60.8 Å². The van der Waals surface area contributed by atoms with Crippen molar-refractivity contribution in [2.24, 2.45) is 7.05 Å². The monoisotopic (exact) mass is 565 g/mol. The number of anilines is 3. The van der Waals surface area contributed by atoms with Gasteiger partial charge < -0.3 is 25.3 Å². The summed E-state index contributed by atoms with van der Waals surface area (Å²) in [7, 11) is 8.09. The fourth-order valence-electron chi connectivity index (χ4n) is 5.89. The zero-order valence-corrected chi connectivity index (χ0v) is 24.8. The van der Waals surface area contributed by atoms with Crippen molar-refractivity contribution in [3.05, 3.63) is 83.2 Å². The van der Waals surface area contributed by atoms with Gasteiger partial charge in [-0.15, -0.1) is 0 Å². The molecule has 2 aromatic carbocycles. The van der Waals surface area contributed by atoms with Crippen molar-refractivity contribution in [1.29, 1.82) is 0 Å². The van der Waals surface area contributed by atoms with E-state index in [9.17, 15) is 4.79 Å². The Morgan fingerprint density at radius 1 is 0.976 bits per heavy atom. The van der Waals surface area contributed by atoms with E-state index in [-0.39, 0.29) is 11.9 Å². The second-order valence-corrected chi connectivity index (χ2v) is 11.4. The minimum atomic E-state index is -0.161. The van der Waals surface area contributed by atoms with Crippen molar-refractivity contribution < 1.29 is 4.79 Å². The van der Waals surface area contributed by atoms with Crippen molar-refractivity contribution >= 4 is 23.2 Å². The molecule has 0 spiro atoms. The molecule has 1 saturated heterocycles. The van der Waals surface area contributed by atoms with Crippen LogP contribution >= 0.6 is 0 Å². The van der Waals surface area contributed by atoms with Gasteiger partial charge in [0.1, 0.15) is 0 Å². The first-order chi connectivity index (χ1) is 20.4. The van der Waals surface area contributed by atoms with E-state index < -0.39 is 0 Å². The van der Waals surface area contributed by atoms with Crippen molar-refractivity contribution in [2.75, 3.05) is 64.1 Å². The Labute approximate surface area is 247 Å². The van der Waals surface area contributed by atoms with Gasteiger partial charge in [0.15, 0.2) is 5.69 Å². The van der Waals surface area contributed by atoms with E-state index in [0.717, 1.165) is 72.8 Å². The lowest BCUT2D eigenvalue weighted by Gasteiger charge is -2.34. The Hall–Kier alpha value is -4.28.